The third-order valence-electron chi connectivity index (χ3n) is 4.90. The van der Waals surface area contributed by atoms with E-state index >= 15 is 0 Å². The summed E-state index contributed by atoms with van der Waals surface area (Å²) in [6, 6.07) is 12.1. The Morgan fingerprint density at radius 3 is 2.62 bits per heavy atom. The van der Waals surface area contributed by atoms with Gasteiger partial charge in [-0.05, 0) is 37.4 Å². The fraction of sp³-hybridized carbons (Fsp3) is 0.300. The number of hydrogen-bond donors (Lipinski definition) is 1. The molecule has 0 aliphatic carbocycles. The summed E-state index contributed by atoms with van der Waals surface area (Å²) in [5.74, 6) is 0. The predicted molar refractivity (Wildman–Crippen MR) is 108 cm³/mol. The molecule has 3 aromatic rings. The van der Waals surface area contributed by atoms with Crippen molar-refractivity contribution in [1.29, 1.82) is 0 Å². The summed E-state index contributed by atoms with van der Waals surface area (Å²) >= 11 is 1.77. The van der Waals surface area contributed by atoms with Gasteiger partial charge in [-0.25, -0.2) is 4.79 Å². The van der Waals surface area contributed by atoms with Gasteiger partial charge in [0.25, 0.3) is 0 Å². The van der Waals surface area contributed by atoms with Crippen molar-refractivity contribution in [3.63, 3.8) is 0 Å². The van der Waals surface area contributed by atoms with E-state index in [2.05, 4.69) is 33.6 Å². The van der Waals surface area contributed by atoms with E-state index in [1.54, 1.807) is 11.3 Å². The highest BCUT2D eigenvalue weighted by Crippen LogP contribution is 2.26. The van der Waals surface area contributed by atoms with E-state index < -0.39 is 0 Å². The molecule has 0 spiro atoms. The number of carbonyl (C=O) groups is 1. The van der Waals surface area contributed by atoms with Gasteiger partial charge in [-0.3, -0.25) is 4.98 Å². The summed E-state index contributed by atoms with van der Waals surface area (Å²) < 4.78 is 0. The van der Waals surface area contributed by atoms with Crippen LogP contribution in [0.2, 0.25) is 0 Å². The van der Waals surface area contributed by atoms with Crippen molar-refractivity contribution in [2.75, 3.05) is 36.4 Å². The topological polar surface area (TPSA) is 48.5 Å². The highest BCUT2D eigenvalue weighted by atomic mass is 32.1. The van der Waals surface area contributed by atoms with Gasteiger partial charge < -0.3 is 15.1 Å². The number of piperazine rings is 1. The summed E-state index contributed by atoms with van der Waals surface area (Å²) in [6.07, 6.45) is 0. The Morgan fingerprint density at radius 1 is 1.12 bits per heavy atom. The zero-order valence-electron chi connectivity index (χ0n) is 15.0. The highest BCUT2D eigenvalue weighted by Gasteiger charge is 2.23. The van der Waals surface area contributed by atoms with Crippen LogP contribution in [0.3, 0.4) is 0 Å². The lowest BCUT2D eigenvalue weighted by atomic mass is 10.2. The zero-order valence-corrected chi connectivity index (χ0v) is 15.8. The number of rotatable bonds is 2. The maximum Gasteiger partial charge on any atom is 0.322 e. The van der Waals surface area contributed by atoms with Crippen molar-refractivity contribution < 1.29 is 4.79 Å². The molecule has 1 aliphatic rings. The van der Waals surface area contributed by atoms with E-state index in [4.69, 9.17) is 0 Å². The van der Waals surface area contributed by atoms with Crippen LogP contribution in [0.25, 0.3) is 10.9 Å². The van der Waals surface area contributed by atoms with Gasteiger partial charge in [-0.2, -0.15) is 0 Å². The molecular formula is C20H22N4OS. The molecule has 2 amide bonds. The Morgan fingerprint density at radius 2 is 1.88 bits per heavy atom. The van der Waals surface area contributed by atoms with Gasteiger partial charge in [-0.15, -0.1) is 11.3 Å². The van der Waals surface area contributed by atoms with E-state index in [0.29, 0.717) is 0 Å². The molecule has 1 N–H and O–H groups in total. The van der Waals surface area contributed by atoms with E-state index in [1.807, 2.05) is 42.2 Å². The minimum Gasteiger partial charge on any atom is -0.367 e. The lowest BCUT2D eigenvalue weighted by molar-refractivity contribution is 0.208. The molecule has 4 rings (SSSR count). The smallest absolute Gasteiger partial charge is 0.322 e. The van der Waals surface area contributed by atoms with Crippen LogP contribution in [-0.2, 0) is 0 Å². The van der Waals surface area contributed by atoms with Gasteiger partial charge >= 0.3 is 6.03 Å². The van der Waals surface area contributed by atoms with Crippen molar-refractivity contribution in [3.05, 3.63) is 52.3 Å². The molecule has 5 nitrogen and oxygen atoms in total. The molecule has 0 bridgehead atoms. The number of benzene rings is 1. The van der Waals surface area contributed by atoms with Gasteiger partial charge in [0.2, 0.25) is 0 Å². The van der Waals surface area contributed by atoms with Gasteiger partial charge in [0.05, 0.1) is 22.6 Å². The highest BCUT2D eigenvalue weighted by molar-refractivity contribution is 7.10. The van der Waals surface area contributed by atoms with Crippen molar-refractivity contribution >= 4 is 39.6 Å². The molecule has 0 atom stereocenters. The number of urea groups is 1. The Labute approximate surface area is 157 Å². The van der Waals surface area contributed by atoms with Gasteiger partial charge in [0.15, 0.2) is 0 Å². The first kappa shape index (κ1) is 16.8. The maximum absolute atomic E-state index is 12.7. The number of aromatic nitrogens is 1. The lowest BCUT2D eigenvalue weighted by Gasteiger charge is -2.36. The maximum atomic E-state index is 12.7. The largest absolute Gasteiger partial charge is 0.367 e. The zero-order chi connectivity index (χ0) is 18.1. The van der Waals surface area contributed by atoms with Gasteiger partial charge in [0.1, 0.15) is 0 Å². The number of carbonyl (C=O) groups excluding carboxylic acids is 1. The minimum atomic E-state index is -0.0492. The average molecular weight is 366 g/mol. The summed E-state index contributed by atoms with van der Waals surface area (Å²) in [7, 11) is 0. The molecule has 3 heterocycles. The number of hydrogen-bond acceptors (Lipinski definition) is 4. The van der Waals surface area contributed by atoms with Gasteiger partial charge in [0, 0.05) is 36.4 Å². The third-order valence-corrected chi connectivity index (χ3v) is 5.73. The number of anilines is 2. The monoisotopic (exact) mass is 366 g/mol. The van der Waals surface area contributed by atoms with Crippen LogP contribution in [0.4, 0.5) is 16.2 Å². The molecular weight excluding hydrogens is 344 g/mol. The molecule has 0 saturated carbocycles. The number of amides is 2. The van der Waals surface area contributed by atoms with E-state index in [0.717, 1.165) is 48.5 Å². The van der Waals surface area contributed by atoms with Crippen molar-refractivity contribution in [2.45, 2.75) is 13.8 Å². The summed E-state index contributed by atoms with van der Waals surface area (Å²) in [6.45, 7) is 7.25. The molecule has 1 saturated heterocycles. The second-order valence-electron chi connectivity index (χ2n) is 6.58. The molecule has 2 aromatic heterocycles. The summed E-state index contributed by atoms with van der Waals surface area (Å²) in [5, 5.41) is 6.20. The first-order valence-corrected chi connectivity index (χ1v) is 9.71. The number of fused-ring (bicyclic) bond motifs is 1. The van der Waals surface area contributed by atoms with Crippen LogP contribution in [0.15, 0.2) is 41.8 Å². The molecule has 26 heavy (non-hydrogen) atoms. The number of aryl methyl sites for hydroxylation is 2. The third kappa shape index (κ3) is 3.24. The van der Waals surface area contributed by atoms with Crippen molar-refractivity contribution in [1.82, 2.24) is 9.88 Å². The van der Waals surface area contributed by atoms with E-state index in [-0.39, 0.29) is 6.03 Å². The number of thiophene rings is 1. The number of nitrogens with one attached hydrogen (secondary N) is 1. The molecule has 6 heteroatoms. The first-order valence-electron chi connectivity index (χ1n) is 8.83. The molecule has 0 unspecified atom stereocenters. The number of nitrogens with zero attached hydrogens (tertiary/aromatic N) is 3. The van der Waals surface area contributed by atoms with Crippen LogP contribution < -0.4 is 10.2 Å². The quantitative estimate of drug-likeness (QED) is 0.737. The molecule has 1 aliphatic heterocycles. The fourth-order valence-electron chi connectivity index (χ4n) is 3.39. The van der Waals surface area contributed by atoms with Crippen LogP contribution in [0.1, 0.15) is 10.6 Å². The van der Waals surface area contributed by atoms with Crippen LogP contribution in [0, 0.1) is 13.8 Å². The Kier molecular flexibility index (Phi) is 4.51. The summed E-state index contributed by atoms with van der Waals surface area (Å²) in [4.78, 5) is 22.9. The first-order chi connectivity index (χ1) is 12.6. The Bertz CT molecular complexity index is 944. The van der Waals surface area contributed by atoms with E-state index in [9.17, 15) is 4.79 Å². The summed E-state index contributed by atoms with van der Waals surface area (Å²) in [5.41, 5.74) is 3.86. The SMILES string of the molecule is Cc1nc2ccccc2cc1NC(=O)N1CCN(c2ccsc2C)CC1. The molecule has 0 radical (unpaired) electrons. The molecule has 134 valence electrons. The molecule has 1 fully saturated rings. The Hall–Kier alpha value is -2.60. The van der Waals surface area contributed by atoms with Crippen molar-refractivity contribution in [2.24, 2.45) is 0 Å². The second-order valence-corrected chi connectivity index (χ2v) is 7.70. The van der Waals surface area contributed by atoms with Crippen LogP contribution >= 0.6 is 11.3 Å². The lowest BCUT2D eigenvalue weighted by Crippen LogP contribution is -2.50. The minimum absolute atomic E-state index is 0.0492. The standard InChI is InChI=1S/C20H22N4OS/c1-14-18(13-16-5-3-4-6-17(16)21-14)22-20(25)24-10-8-23(9-11-24)19-7-12-26-15(19)2/h3-7,12-13H,8-11H2,1-2H3,(H,22,25). The average Bonchev–Trinajstić information content (AvgIpc) is 3.08. The van der Waals surface area contributed by atoms with E-state index in [1.165, 1.54) is 10.6 Å². The predicted octanol–water partition coefficient (Wildman–Crippen LogP) is 4.27. The normalized spacial score (nSPS) is 14.7. The van der Waals surface area contributed by atoms with Gasteiger partial charge in [-0.1, -0.05) is 18.2 Å². The second kappa shape index (κ2) is 6.96. The van der Waals surface area contributed by atoms with Crippen LogP contribution in [0.5, 0.6) is 0 Å². The number of pyridine rings is 1. The Balaban J connectivity index is 1.43. The number of para-hydroxylation sites is 1. The molecule has 1 aromatic carbocycles. The fourth-order valence-corrected chi connectivity index (χ4v) is 4.11. The van der Waals surface area contributed by atoms with Crippen molar-refractivity contribution in [3.8, 4) is 0 Å². The van der Waals surface area contributed by atoms with Crippen LogP contribution in [-0.4, -0.2) is 42.1 Å².